The van der Waals surface area contributed by atoms with Crippen LogP contribution >= 0.6 is 0 Å². The molecule has 0 aliphatic heterocycles. The Kier molecular flexibility index (Phi) is 14.8. The summed E-state index contributed by atoms with van der Waals surface area (Å²) in [5.41, 5.74) is 0.827. The minimum Gasteiger partial charge on any atom is -0.305 e. The molecule has 0 atom stereocenters. The second kappa shape index (κ2) is 19.9. The molecule has 0 saturated heterocycles. The van der Waals surface area contributed by atoms with Gasteiger partial charge in [-0.2, -0.15) is 0 Å². The van der Waals surface area contributed by atoms with E-state index in [9.17, 15) is 14.4 Å². The van der Waals surface area contributed by atoms with E-state index in [1.54, 1.807) is 6.92 Å². The van der Waals surface area contributed by atoms with E-state index in [1.165, 1.54) is 15.6 Å². The largest absolute Gasteiger partial charge is 0.305 e. The second-order valence-corrected chi connectivity index (χ2v) is 26.9. The summed E-state index contributed by atoms with van der Waals surface area (Å²) < 4.78 is 0. The highest BCUT2D eigenvalue weighted by atomic mass is 28.3. The Labute approximate surface area is 342 Å². The van der Waals surface area contributed by atoms with Gasteiger partial charge in [0.2, 0.25) is 8.07 Å². The maximum Gasteiger partial charge on any atom is 0.223 e. The van der Waals surface area contributed by atoms with Crippen LogP contribution < -0.4 is 31.1 Å². The summed E-state index contributed by atoms with van der Waals surface area (Å²) in [4.78, 5) is 38.0. The fourth-order valence-corrected chi connectivity index (χ4v) is 17.4. The van der Waals surface area contributed by atoms with Crippen LogP contribution in [0.15, 0.2) is 212 Å². The topological polar surface area (TPSA) is 51.2 Å². The maximum atomic E-state index is 12.9. The average Bonchev–Trinajstić information content (AvgIpc) is 3.28. The molecule has 0 amide bonds. The Morgan fingerprint density at radius 3 is 0.930 bits per heavy atom. The van der Waals surface area contributed by atoms with Gasteiger partial charge in [-0.1, -0.05) is 244 Å². The molecule has 57 heavy (non-hydrogen) atoms. The van der Waals surface area contributed by atoms with E-state index >= 15 is 0 Å². The summed E-state index contributed by atoms with van der Waals surface area (Å²) in [5.74, 6) is 0. The summed E-state index contributed by atoms with van der Waals surface area (Å²) >= 11 is 0. The van der Waals surface area contributed by atoms with E-state index in [2.05, 4.69) is 92.4 Å². The van der Waals surface area contributed by atoms with E-state index in [-0.39, 0.29) is 5.41 Å². The third-order valence-corrected chi connectivity index (χ3v) is 23.1. The molecule has 0 unspecified atom stereocenters. The Morgan fingerprint density at radius 1 is 0.386 bits per heavy atom. The van der Waals surface area contributed by atoms with Gasteiger partial charge in [0.05, 0.1) is 0 Å². The monoisotopic (exact) mass is 796 g/mol. The van der Waals surface area contributed by atoms with Crippen LogP contribution in [0, 0.1) is 0 Å². The lowest BCUT2D eigenvalue weighted by Gasteiger charge is -2.30. The van der Waals surface area contributed by atoms with Crippen LogP contribution in [-0.4, -0.2) is 40.4 Å². The van der Waals surface area contributed by atoms with Crippen LogP contribution in [0.3, 0.4) is 0 Å². The molecular formula is C51H52O3Si3. The van der Waals surface area contributed by atoms with Crippen LogP contribution in [-0.2, 0) is 9.59 Å². The lowest BCUT2D eigenvalue weighted by molar-refractivity contribution is -0.112. The van der Waals surface area contributed by atoms with E-state index in [4.69, 9.17) is 0 Å². The molecule has 0 aliphatic rings. The molecule has 7 rings (SSSR count). The molecular weight excluding hydrogens is 745 g/mol. The predicted octanol–water partition coefficient (Wildman–Crippen LogP) is 7.71. The first kappa shape index (κ1) is 42.3. The van der Waals surface area contributed by atoms with Gasteiger partial charge in [0.15, 0.2) is 16.1 Å². The fraction of sp³-hybridized carbons (Fsp3) is 0.118. The number of hydrogen-bond acceptors (Lipinski definition) is 3. The first-order valence-corrected chi connectivity index (χ1v) is 27.0. The molecule has 0 fully saturated rings. The number of carbonyl (C=O) groups is 3. The second-order valence-electron chi connectivity index (χ2n) is 14.7. The smallest absolute Gasteiger partial charge is 0.223 e. The van der Waals surface area contributed by atoms with Crippen molar-refractivity contribution < 1.29 is 14.4 Å². The quantitative estimate of drug-likeness (QED) is 0.0997. The van der Waals surface area contributed by atoms with Crippen molar-refractivity contribution in [3.8, 4) is 0 Å². The lowest BCUT2D eigenvalue weighted by Crippen LogP contribution is -2.72. The third kappa shape index (κ3) is 9.60. The van der Waals surface area contributed by atoms with Crippen molar-refractivity contribution in [3.05, 3.63) is 218 Å². The molecule has 0 bridgehead atoms. The van der Waals surface area contributed by atoms with Crippen LogP contribution in [0.25, 0.3) is 0 Å². The summed E-state index contributed by atoms with van der Waals surface area (Å²) in [6.07, 6.45) is 0.604. The van der Waals surface area contributed by atoms with Crippen molar-refractivity contribution in [2.45, 2.75) is 39.9 Å². The van der Waals surface area contributed by atoms with Crippen molar-refractivity contribution in [3.63, 3.8) is 0 Å². The van der Waals surface area contributed by atoms with Crippen molar-refractivity contribution in [2.75, 3.05) is 0 Å². The molecule has 0 spiro atoms. The molecule has 3 nitrogen and oxygen atoms in total. The number of rotatable bonds is 11. The molecule has 0 radical (unpaired) electrons. The van der Waals surface area contributed by atoms with Gasteiger partial charge in [-0.3, -0.25) is 4.79 Å². The van der Waals surface area contributed by atoms with E-state index in [0.29, 0.717) is 17.2 Å². The average molecular weight is 797 g/mol. The van der Waals surface area contributed by atoms with Crippen molar-refractivity contribution in [2.24, 2.45) is 0 Å². The molecule has 7 aromatic rings. The SMILES string of the molecule is CC(=O)[Si](c1ccccc1)(c1ccccc1)c1ccccc1.CCC(=O)[Si](C)(c1ccccc1)c1ccccc1.C[Si](C)(C(=O)c1ccccc1)c1ccccc1. The van der Waals surface area contributed by atoms with Crippen LogP contribution in [0.4, 0.5) is 0 Å². The molecule has 0 aliphatic carbocycles. The Bertz CT molecular complexity index is 2170. The molecule has 0 N–H and O–H groups in total. The Morgan fingerprint density at radius 2 is 0.649 bits per heavy atom. The number of carbonyl (C=O) groups excluding carboxylic acids is 3. The molecule has 6 heteroatoms. The van der Waals surface area contributed by atoms with Gasteiger partial charge in [-0.05, 0) is 39.3 Å². The van der Waals surface area contributed by atoms with Crippen LogP contribution in [0.5, 0.6) is 0 Å². The standard InChI is InChI=1S/C20H18OSi.C16H18OSi.C15H16OSi/c1-17(21)22(18-11-5-2-6-12-18,19-13-7-3-8-14-19)20-15-9-4-10-16-20;1-3-16(17)18(2,14-10-6-4-7-11-14)15-12-8-5-9-13-15;1-17(2,14-11-7-4-8-12-14)15(16)13-9-5-3-6-10-13/h2-16H,1H3;4-13H,3H2,1-2H3;3-12H,1-2H3. The summed E-state index contributed by atoms with van der Waals surface area (Å²) in [6.45, 7) is 10.1. The first-order chi connectivity index (χ1) is 27.6. The highest BCUT2D eigenvalue weighted by Gasteiger charge is 2.44. The van der Waals surface area contributed by atoms with Gasteiger partial charge in [0, 0.05) is 5.56 Å². The molecule has 286 valence electrons. The molecule has 0 saturated carbocycles. The summed E-state index contributed by atoms with van der Waals surface area (Å²) in [7, 11) is -6.95. The van der Waals surface area contributed by atoms with Crippen molar-refractivity contribution >= 4 is 71.6 Å². The zero-order valence-electron chi connectivity index (χ0n) is 33.6. The fourth-order valence-electron chi connectivity index (χ4n) is 7.50. The van der Waals surface area contributed by atoms with Gasteiger partial charge < -0.3 is 9.59 Å². The van der Waals surface area contributed by atoms with Crippen molar-refractivity contribution in [1.82, 2.24) is 0 Å². The van der Waals surface area contributed by atoms with Gasteiger partial charge in [-0.25, -0.2) is 0 Å². The summed E-state index contributed by atoms with van der Waals surface area (Å²) in [5, 5.41) is 7.94. The van der Waals surface area contributed by atoms with E-state index < -0.39 is 24.2 Å². The van der Waals surface area contributed by atoms with Crippen LogP contribution in [0.1, 0.15) is 30.6 Å². The molecule has 0 aromatic heterocycles. The third-order valence-electron chi connectivity index (χ3n) is 10.8. The van der Waals surface area contributed by atoms with Gasteiger partial charge in [-0.15, -0.1) is 0 Å². The predicted molar refractivity (Wildman–Crippen MR) is 248 cm³/mol. The minimum absolute atomic E-state index is 0.260. The molecule has 7 aromatic carbocycles. The van der Waals surface area contributed by atoms with Gasteiger partial charge in [0.25, 0.3) is 0 Å². The Hall–Kier alpha value is -5.80. The maximum absolute atomic E-state index is 12.9. The van der Waals surface area contributed by atoms with Crippen molar-refractivity contribution in [1.29, 1.82) is 0 Å². The normalized spacial score (nSPS) is 11.2. The Balaban J connectivity index is 0.000000165. The lowest BCUT2D eigenvalue weighted by atomic mass is 10.2. The van der Waals surface area contributed by atoms with E-state index in [0.717, 1.165) is 21.1 Å². The van der Waals surface area contributed by atoms with Gasteiger partial charge >= 0.3 is 0 Å². The highest BCUT2D eigenvalue weighted by molar-refractivity contribution is 7.29. The summed E-state index contributed by atoms with van der Waals surface area (Å²) in [6, 6.07) is 70.8. The highest BCUT2D eigenvalue weighted by Crippen LogP contribution is 2.13. The zero-order valence-corrected chi connectivity index (χ0v) is 36.6. The first-order valence-electron chi connectivity index (χ1n) is 19.5. The zero-order chi connectivity index (χ0) is 40.7. The number of hydrogen-bond donors (Lipinski definition) is 0. The minimum atomic E-state index is -2.64. The molecule has 0 heterocycles. The number of benzene rings is 7. The van der Waals surface area contributed by atoms with Crippen LogP contribution in [0.2, 0.25) is 19.6 Å². The van der Waals surface area contributed by atoms with E-state index in [1.807, 2.05) is 146 Å². The van der Waals surface area contributed by atoms with Gasteiger partial charge in [0.1, 0.15) is 16.2 Å².